The molecule has 0 atom stereocenters. The summed E-state index contributed by atoms with van der Waals surface area (Å²) in [6.45, 7) is 6.60. The average Bonchev–Trinajstić information content (AvgIpc) is 2.68. The molecule has 0 radical (unpaired) electrons. The zero-order valence-electron chi connectivity index (χ0n) is 10.7. The maximum atomic E-state index is 4.17. The normalized spacial score (nSPS) is 11.2. The summed E-state index contributed by atoms with van der Waals surface area (Å²) >= 11 is 0. The van der Waals surface area contributed by atoms with Crippen molar-refractivity contribution in [3.63, 3.8) is 0 Å². The number of hydrogen-bond acceptors (Lipinski definition) is 3. The molecule has 1 aromatic rings. The first-order valence-corrected chi connectivity index (χ1v) is 6.09. The molecule has 0 fully saturated rings. The van der Waals surface area contributed by atoms with E-state index in [0.717, 1.165) is 32.6 Å². The van der Waals surface area contributed by atoms with E-state index in [-0.39, 0.29) is 0 Å². The molecule has 0 unspecified atom stereocenters. The van der Waals surface area contributed by atoms with Crippen LogP contribution >= 0.6 is 0 Å². The number of rotatable bonds is 8. The maximum absolute atomic E-state index is 4.17. The standard InChI is InChI=1S/C12H24N4/c1-4-6-13-7-9-15(2)8-5-12-10-14-16(3)11-12/h10-11,13H,4-9H2,1-3H3. The molecule has 16 heavy (non-hydrogen) atoms. The SMILES string of the molecule is CCCNCCN(C)CCc1cnn(C)c1. The fourth-order valence-corrected chi connectivity index (χ4v) is 1.60. The van der Waals surface area contributed by atoms with Crippen LogP contribution in [-0.4, -0.2) is 47.9 Å². The summed E-state index contributed by atoms with van der Waals surface area (Å²) < 4.78 is 1.86. The van der Waals surface area contributed by atoms with Crippen molar-refractivity contribution in [1.82, 2.24) is 20.0 Å². The van der Waals surface area contributed by atoms with E-state index in [2.05, 4.69) is 35.5 Å². The van der Waals surface area contributed by atoms with Crippen LogP contribution in [0.4, 0.5) is 0 Å². The molecule has 4 heteroatoms. The van der Waals surface area contributed by atoms with Gasteiger partial charge in [-0.3, -0.25) is 4.68 Å². The van der Waals surface area contributed by atoms with Crippen LogP contribution in [-0.2, 0) is 13.5 Å². The lowest BCUT2D eigenvalue weighted by atomic mass is 10.2. The lowest BCUT2D eigenvalue weighted by Crippen LogP contribution is -2.30. The van der Waals surface area contributed by atoms with E-state index in [9.17, 15) is 0 Å². The number of nitrogens with zero attached hydrogens (tertiary/aromatic N) is 3. The fourth-order valence-electron chi connectivity index (χ4n) is 1.60. The van der Waals surface area contributed by atoms with Crippen molar-refractivity contribution in [3.05, 3.63) is 18.0 Å². The highest BCUT2D eigenvalue weighted by Gasteiger charge is 2.00. The van der Waals surface area contributed by atoms with Crippen molar-refractivity contribution in [2.75, 3.05) is 33.2 Å². The van der Waals surface area contributed by atoms with Crippen LogP contribution in [0.3, 0.4) is 0 Å². The Morgan fingerprint density at radius 3 is 2.81 bits per heavy atom. The molecule has 92 valence electrons. The fraction of sp³-hybridized carbons (Fsp3) is 0.750. The second kappa shape index (κ2) is 7.41. The minimum atomic E-state index is 1.08. The highest BCUT2D eigenvalue weighted by atomic mass is 15.2. The van der Waals surface area contributed by atoms with Crippen LogP contribution in [0.5, 0.6) is 0 Å². The van der Waals surface area contributed by atoms with Crippen LogP contribution in [0.2, 0.25) is 0 Å². The molecule has 0 amide bonds. The Morgan fingerprint density at radius 1 is 1.38 bits per heavy atom. The quantitative estimate of drug-likeness (QED) is 0.666. The lowest BCUT2D eigenvalue weighted by molar-refractivity contribution is 0.336. The van der Waals surface area contributed by atoms with Crippen molar-refractivity contribution >= 4 is 0 Å². The summed E-state index contributed by atoms with van der Waals surface area (Å²) in [4.78, 5) is 2.36. The molecule has 0 saturated heterocycles. The molecule has 1 aromatic heterocycles. The van der Waals surface area contributed by atoms with Gasteiger partial charge >= 0.3 is 0 Å². The molecule has 0 aliphatic carbocycles. The van der Waals surface area contributed by atoms with E-state index in [1.165, 1.54) is 12.0 Å². The Labute approximate surface area is 98.6 Å². The van der Waals surface area contributed by atoms with E-state index in [1.54, 1.807) is 0 Å². The topological polar surface area (TPSA) is 33.1 Å². The summed E-state index contributed by atoms with van der Waals surface area (Å²) in [5.74, 6) is 0. The molecule has 1 heterocycles. The third kappa shape index (κ3) is 5.28. The van der Waals surface area contributed by atoms with Crippen molar-refractivity contribution in [2.45, 2.75) is 19.8 Å². The molecular formula is C12H24N4. The summed E-state index contributed by atoms with van der Waals surface area (Å²) in [6.07, 6.45) is 6.32. The van der Waals surface area contributed by atoms with Crippen LogP contribution < -0.4 is 5.32 Å². The molecule has 1 rings (SSSR count). The zero-order chi connectivity index (χ0) is 11.8. The monoisotopic (exact) mass is 224 g/mol. The molecule has 0 aliphatic heterocycles. The van der Waals surface area contributed by atoms with Gasteiger partial charge in [0.25, 0.3) is 0 Å². The highest BCUT2D eigenvalue weighted by Crippen LogP contribution is 1.98. The van der Waals surface area contributed by atoms with Gasteiger partial charge in [-0.1, -0.05) is 6.92 Å². The van der Waals surface area contributed by atoms with Crippen LogP contribution in [0.1, 0.15) is 18.9 Å². The largest absolute Gasteiger partial charge is 0.315 e. The summed E-state index contributed by atoms with van der Waals surface area (Å²) in [6, 6.07) is 0. The summed E-state index contributed by atoms with van der Waals surface area (Å²) in [5.41, 5.74) is 1.32. The van der Waals surface area contributed by atoms with Gasteiger partial charge in [-0.2, -0.15) is 5.10 Å². The van der Waals surface area contributed by atoms with Gasteiger partial charge in [-0.15, -0.1) is 0 Å². The van der Waals surface area contributed by atoms with E-state index < -0.39 is 0 Å². The number of aromatic nitrogens is 2. The Bertz CT molecular complexity index is 282. The van der Waals surface area contributed by atoms with Crippen LogP contribution in [0.25, 0.3) is 0 Å². The Morgan fingerprint density at radius 2 is 2.19 bits per heavy atom. The molecule has 4 nitrogen and oxygen atoms in total. The van der Waals surface area contributed by atoms with Crippen molar-refractivity contribution < 1.29 is 0 Å². The Balaban J connectivity index is 2.08. The number of nitrogens with one attached hydrogen (secondary N) is 1. The number of hydrogen-bond donors (Lipinski definition) is 1. The maximum Gasteiger partial charge on any atom is 0.0522 e. The minimum absolute atomic E-state index is 1.08. The predicted octanol–water partition coefficient (Wildman–Crippen LogP) is 0.894. The Hall–Kier alpha value is -0.870. The van der Waals surface area contributed by atoms with Gasteiger partial charge in [0.2, 0.25) is 0 Å². The minimum Gasteiger partial charge on any atom is -0.315 e. The van der Waals surface area contributed by atoms with Crippen LogP contribution in [0.15, 0.2) is 12.4 Å². The van der Waals surface area contributed by atoms with Crippen molar-refractivity contribution in [2.24, 2.45) is 7.05 Å². The first-order chi connectivity index (χ1) is 7.72. The van der Waals surface area contributed by atoms with Gasteiger partial charge in [-0.25, -0.2) is 0 Å². The molecule has 0 aromatic carbocycles. The van der Waals surface area contributed by atoms with Gasteiger partial charge in [0.1, 0.15) is 0 Å². The second-order valence-corrected chi connectivity index (χ2v) is 4.33. The zero-order valence-corrected chi connectivity index (χ0v) is 10.7. The molecule has 0 aliphatic rings. The third-order valence-electron chi connectivity index (χ3n) is 2.64. The van der Waals surface area contributed by atoms with E-state index in [0.29, 0.717) is 0 Å². The van der Waals surface area contributed by atoms with Gasteiger partial charge < -0.3 is 10.2 Å². The van der Waals surface area contributed by atoms with Gasteiger partial charge in [-0.05, 0) is 32.0 Å². The summed E-state index contributed by atoms with van der Waals surface area (Å²) in [5, 5.41) is 7.58. The molecule has 0 saturated carbocycles. The first-order valence-electron chi connectivity index (χ1n) is 6.09. The van der Waals surface area contributed by atoms with Crippen molar-refractivity contribution in [1.29, 1.82) is 0 Å². The highest BCUT2D eigenvalue weighted by molar-refractivity contribution is 5.03. The molecular weight excluding hydrogens is 200 g/mol. The lowest BCUT2D eigenvalue weighted by Gasteiger charge is -2.16. The smallest absolute Gasteiger partial charge is 0.0522 e. The Kier molecular flexibility index (Phi) is 6.11. The van der Waals surface area contributed by atoms with Gasteiger partial charge in [0.15, 0.2) is 0 Å². The van der Waals surface area contributed by atoms with E-state index in [1.807, 2.05) is 17.9 Å². The predicted molar refractivity (Wildman–Crippen MR) is 67.6 cm³/mol. The summed E-state index contributed by atoms with van der Waals surface area (Å²) in [7, 11) is 4.13. The van der Waals surface area contributed by atoms with Crippen LogP contribution in [0, 0.1) is 0 Å². The number of aryl methyl sites for hydroxylation is 1. The van der Waals surface area contributed by atoms with E-state index in [4.69, 9.17) is 0 Å². The van der Waals surface area contributed by atoms with Gasteiger partial charge in [0, 0.05) is 32.9 Å². The third-order valence-corrected chi connectivity index (χ3v) is 2.64. The number of likely N-dealkylation sites (N-methyl/N-ethyl adjacent to an activating group) is 1. The van der Waals surface area contributed by atoms with Gasteiger partial charge in [0.05, 0.1) is 6.20 Å². The average molecular weight is 224 g/mol. The molecule has 1 N–H and O–H groups in total. The molecule has 0 bridgehead atoms. The van der Waals surface area contributed by atoms with Crippen molar-refractivity contribution in [3.8, 4) is 0 Å². The first kappa shape index (κ1) is 13.2. The molecule has 0 spiro atoms. The van der Waals surface area contributed by atoms with E-state index >= 15 is 0 Å². The second-order valence-electron chi connectivity index (χ2n) is 4.33.